The molecule has 0 unspecified atom stereocenters. The molecule has 1 amide bonds. The Morgan fingerprint density at radius 1 is 1.27 bits per heavy atom. The van der Waals surface area contributed by atoms with Crippen LogP contribution in [0.4, 0.5) is 0 Å². The summed E-state index contributed by atoms with van der Waals surface area (Å²) in [6.07, 6.45) is 5.46. The molecule has 3 heterocycles. The molecular weight excluding hydrogens is 328 g/mol. The fourth-order valence-corrected chi connectivity index (χ4v) is 3.17. The number of aryl methyl sites for hydroxylation is 1. The molecule has 1 aliphatic rings. The minimum Gasteiger partial charge on any atom is -0.342 e. The lowest BCUT2D eigenvalue weighted by molar-refractivity contribution is 0.0925. The number of amides is 1. The van der Waals surface area contributed by atoms with Gasteiger partial charge in [-0.3, -0.25) is 9.78 Å². The number of pyridine rings is 1. The Balaban J connectivity index is 1.65. The third-order valence-corrected chi connectivity index (χ3v) is 4.74. The van der Waals surface area contributed by atoms with Crippen LogP contribution in [0, 0.1) is 12.8 Å². The van der Waals surface area contributed by atoms with E-state index >= 15 is 0 Å². The molecule has 3 aromatic rings. The van der Waals surface area contributed by atoms with Crippen molar-refractivity contribution in [1.29, 1.82) is 0 Å². The number of hydrogen-bond donors (Lipinski definition) is 1. The highest BCUT2D eigenvalue weighted by Crippen LogP contribution is 2.40. The summed E-state index contributed by atoms with van der Waals surface area (Å²) >= 11 is 0. The van der Waals surface area contributed by atoms with Gasteiger partial charge >= 0.3 is 0 Å². The average molecular weight is 350 g/mol. The monoisotopic (exact) mass is 350 g/mol. The lowest BCUT2D eigenvalue weighted by atomic mass is 10.1. The van der Waals surface area contributed by atoms with Gasteiger partial charge in [-0.25, -0.2) is 9.50 Å². The number of fused-ring (bicyclic) bond motifs is 1. The lowest BCUT2D eigenvalue weighted by Gasteiger charge is -2.18. The molecule has 1 N–H and O–H groups in total. The number of carbonyl (C=O) groups excluding carboxylic acids is 1. The van der Waals surface area contributed by atoms with Crippen LogP contribution in [0.3, 0.4) is 0 Å². The van der Waals surface area contributed by atoms with Gasteiger partial charge in [-0.2, -0.15) is 10.1 Å². The second-order valence-corrected chi connectivity index (χ2v) is 7.24. The quantitative estimate of drug-likeness (QED) is 0.765. The molecule has 7 heteroatoms. The van der Waals surface area contributed by atoms with Crippen LogP contribution < -0.4 is 5.32 Å². The Kier molecular flexibility index (Phi) is 4.14. The van der Waals surface area contributed by atoms with Crippen LogP contribution in [0.15, 0.2) is 30.7 Å². The van der Waals surface area contributed by atoms with Gasteiger partial charge in [-0.15, -0.1) is 0 Å². The second kappa shape index (κ2) is 6.48. The number of rotatable bonds is 5. The zero-order valence-electron chi connectivity index (χ0n) is 15.2. The predicted molar refractivity (Wildman–Crippen MR) is 96.8 cm³/mol. The normalized spacial score (nSPS) is 15.4. The molecule has 0 aliphatic heterocycles. The molecule has 0 bridgehead atoms. The maximum atomic E-state index is 12.9. The van der Waals surface area contributed by atoms with Crippen molar-refractivity contribution < 1.29 is 4.79 Å². The third kappa shape index (κ3) is 3.16. The molecule has 1 fully saturated rings. The molecule has 1 saturated carbocycles. The van der Waals surface area contributed by atoms with Crippen molar-refractivity contribution in [2.45, 2.75) is 45.6 Å². The summed E-state index contributed by atoms with van der Waals surface area (Å²) in [5.74, 6) is 0.886. The van der Waals surface area contributed by atoms with E-state index in [-0.39, 0.29) is 17.9 Å². The van der Waals surface area contributed by atoms with Crippen molar-refractivity contribution in [2.75, 3.05) is 0 Å². The number of hydrogen-bond acceptors (Lipinski definition) is 5. The summed E-state index contributed by atoms with van der Waals surface area (Å²) in [6, 6.07) is 5.72. The Bertz CT molecular complexity index is 960. The van der Waals surface area contributed by atoms with E-state index in [1.54, 1.807) is 16.8 Å². The zero-order valence-corrected chi connectivity index (χ0v) is 15.2. The molecule has 0 aromatic carbocycles. The highest BCUT2D eigenvalue weighted by Gasteiger charge is 2.35. The summed E-state index contributed by atoms with van der Waals surface area (Å²) in [5, 5.41) is 7.34. The van der Waals surface area contributed by atoms with Crippen LogP contribution in [0.5, 0.6) is 0 Å². The van der Waals surface area contributed by atoms with Crippen LogP contribution in [0.2, 0.25) is 0 Å². The topological polar surface area (TPSA) is 85.1 Å². The van der Waals surface area contributed by atoms with Crippen LogP contribution in [-0.2, 0) is 0 Å². The van der Waals surface area contributed by atoms with Gasteiger partial charge in [0.05, 0.1) is 17.4 Å². The van der Waals surface area contributed by atoms with Crippen molar-refractivity contribution in [3.8, 4) is 0 Å². The van der Waals surface area contributed by atoms with Crippen molar-refractivity contribution in [3.63, 3.8) is 0 Å². The van der Waals surface area contributed by atoms with E-state index in [1.165, 1.54) is 6.33 Å². The minimum atomic E-state index is -0.197. The van der Waals surface area contributed by atoms with Gasteiger partial charge in [0.25, 0.3) is 11.7 Å². The van der Waals surface area contributed by atoms with Crippen molar-refractivity contribution in [2.24, 2.45) is 5.92 Å². The SMILES string of the molecule is Cc1ccnc([C@H](NC(=O)c2cc(C(C)C)n3ncnc3n2)C2CC2)c1. The molecular formula is C19H22N6O. The smallest absolute Gasteiger partial charge is 0.270 e. The Morgan fingerprint density at radius 2 is 2.08 bits per heavy atom. The molecule has 3 aromatic heterocycles. The van der Waals surface area contributed by atoms with Gasteiger partial charge in [0.2, 0.25) is 0 Å². The van der Waals surface area contributed by atoms with Crippen LogP contribution in [-0.4, -0.2) is 30.5 Å². The predicted octanol–water partition coefficient (Wildman–Crippen LogP) is 2.83. The maximum absolute atomic E-state index is 12.9. The van der Waals surface area contributed by atoms with Gasteiger partial charge < -0.3 is 5.32 Å². The highest BCUT2D eigenvalue weighted by atomic mass is 16.2. The van der Waals surface area contributed by atoms with E-state index in [2.05, 4.69) is 39.2 Å². The molecule has 1 aliphatic carbocycles. The number of carbonyl (C=O) groups is 1. The summed E-state index contributed by atoms with van der Waals surface area (Å²) < 4.78 is 1.68. The van der Waals surface area contributed by atoms with Crippen molar-refractivity contribution >= 4 is 11.7 Å². The molecule has 26 heavy (non-hydrogen) atoms. The van der Waals surface area contributed by atoms with Crippen LogP contribution in [0.25, 0.3) is 5.78 Å². The van der Waals surface area contributed by atoms with Crippen molar-refractivity contribution in [3.05, 3.63) is 53.4 Å². The second-order valence-electron chi connectivity index (χ2n) is 7.24. The van der Waals surface area contributed by atoms with E-state index in [0.717, 1.165) is 29.8 Å². The van der Waals surface area contributed by atoms with E-state index in [9.17, 15) is 4.79 Å². The molecule has 7 nitrogen and oxygen atoms in total. The summed E-state index contributed by atoms with van der Waals surface area (Å²) in [6.45, 7) is 6.15. The summed E-state index contributed by atoms with van der Waals surface area (Å²) in [7, 11) is 0. The Morgan fingerprint density at radius 3 is 2.77 bits per heavy atom. The fraction of sp³-hybridized carbons (Fsp3) is 0.421. The summed E-state index contributed by atoms with van der Waals surface area (Å²) in [5.41, 5.74) is 3.33. The first kappa shape index (κ1) is 16.6. The summed E-state index contributed by atoms with van der Waals surface area (Å²) in [4.78, 5) is 25.9. The first-order valence-electron chi connectivity index (χ1n) is 8.97. The minimum absolute atomic E-state index is 0.0826. The van der Waals surface area contributed by atoms with E-state index in [1.807, 2.05) is 19.1 Å². The molecule has 1 atom stereocenters. The first-order chi connectivity index (χ1) is 12.5. The van der Waals surface area contributed by atoms with Gasteiger partial charge in [0, 0.05) is 6.20 Å². The number of nitrogens with zero attached hydrogens (tertiary/aromatic N) is 5. The van der Waals surface area contributed by atoms with Crippen LogP contribution >= 0.6 is 0 Å². The van der Waals surface area contributed by atoms with Gasteiger partial charge in [-0.1, -0.05) is 13.8 Å². The van der Waals surface area contributed by atoms with E-state index in [4.69, 9.17) is 0 Å². The van der Waals surface area contributed by atoms with Gasteiger partial charge in [-0.05, 0) is 55.4 Å². The molecule has 0 saturated heterocycles. The molecule has 4 rings (SSSR count). The fourth-order valence-electron chi connectivity index (χ4n) is 3.17. The molecule has 134 valence electrons. The Labute approximate surface area is 151 Å². The van der Waals surface area contributed by atoms with Gasteiger partial charge in [0.1, 0.15) is 12.0 Å². The lowest BCUT2D eigenvalue weighted by Crippen LogP contribution is -2.31. The standard InChI is InChI=1S/C19H22N6O/c1-11(2)16-9-15(23-19-21-10-22-25(16)19)18(26)24-17(13-4-5-13)14-8-12(3)6-7-20-14/h6-11,13,17H,4-5H2,1-3H3,(H,24,26)/t17-/m1/s1. The van der Waals surface area contributed by atoms with Crippen LogP contribution in [0.1, 0.15) is 66.1 Å². The molecule has 0 radical (unpaired) electrons. The Hall–Kier alpha value is -2.83. The van der Waals surface area contributed by atoms with E-state index < -0.39 is 0 Å². The number of nitrogens with one attached hydrogen (secondary N) is 1. The molecule has 0 spiro atoms. The third-order valence-electron chi connectivity index (χ3n) is 4.74. The van der Waals surface area contributed by atoms with E-state index in [0.29, 0.717) is 17.4 Å². The average Bonchev–Trinajstić information content (AvgIpc) is 3.34. The first-order valence-corrected chi connectivity index (χ1v) is 8.97. The maximum Gasteiger partial charge on any atom is 0.270 e. The number of aromatic nitrogens is 5. The largest absolute Gasteiger partial charge is 0.342 e. The highest BCUT2D eigenvalue weighted by molar-refractivity contribution is 5.93. The van der Waals surface area contributed by atoms with Gasteiger partial charge in [0.15, 0.2) is 0 Å². The zero-order chi connectivity index (χ0) is 18.3. The van der Waals surface area contributed by atoms with Crippen molar-refractivity contribution in [1.82, 2.24) is 29.9 Å².